The Kier molecular flexibility index (Phi) is 3.94. The van der Waals surface area contributed by atoms with Crippen LogP contribution in [0.3, 0.4) is 0 Å². The smallest absolute Gasteiger partial charge is 0.453 e. The molecule has 0 amide bonds. The van der Waals surface area contributed by atoms with Crippen LogP contribution in [0.1, 0.15) is 5.76 Å². The number of hydrogen-bond acceptors (Lipinski definition) is 5. The molecule has 2 aromatic rings. The number of alkyl halides is 3. The number of fused-ring (bicyclic) bond motifs is 1. The molecule has 0 radical (unpaired) electrons. The average Bonchev–Trinajstić information content (AvgIpc) is 2.35. The molecule has 8 heteroatoms. The predicted molar refractivity (Wildman–Crippen MR) is 57.5 cm³/mol. The van der Waals surface area contributed by atoms with E-state index >= 15 is 0 Å². The molecule has 1 aromatic carbocycles. The number of nitrogens with two attached hydrogens (primary N) is 2. The fraction of sp³-hybridized carbons (Fsp3) is 0.100. The van der Waals surface area contributed by atoms with Crippen molar-refractivity contribution in [3.05, 3.63) is 40.2 Å². The van der Waals surface area contributed by atoms with Crippen molar-refractivity contribution in [1.29, 1.82) is 0 Å². The molecule has 0 atom stereocenters. The van der Waals surface area contributed by atoms with Crippen molar-refractivity contribution in [2.24, 2.45) is 11.7 Å². The Labute approximate surface area is 98.4 Å². The van der Waals surface area contributed by atoms with Gasteiger partial charge >= 0.3 is 6.18 Å². The largest absolute Gasteiger partial charge is 0.502 e. The van der Waals surface area contributed by atoms with Crippen LogP contribution >= 0.6 is 0 Å². The molecular formula is C10H9F3N2O3. The van der Waals surface area contributed by atoms with E-state index in [0.29, 0.717) is 0 Å². The zero-order chi connectivity index (χ0) is 13.9. The zero-order valence-corrected chi connectivity index (χ0v) is 8.86. The first kappa shape index (κ1) is 14.0. The second kappa shape index (κ2) is 5.07. The molecular weight excluding hydrogens is 253 g/mol. The first-order valence-corrected chi connectivity index (χ1v) is 4.56. The van der Waals surface area contributed by atoms with Crippen molar-refractivity contribution < 1.29 is 22.7 Å². The normalized spacial score (nSPS) is 10.9. The van der Waals surface area contributed by atoms with Crippen molar-refractivity contribution in [1.82, 2.24) is 0 Å². The van der Waals surface area contributed by atoms with Crippen LogP contribution in [-0.2, 0) is 6.18 Å². The van der Waals surface area contributed by atoms with Gasteiger partial charge in [-0.3, -0.25) is 16.5 Å². The highest BCUT2D eigenvalue weighted by Gasteiger charge is 2.39. The van der Waals surface area contributed by atoms with Gasteiger partial charge in [-0.1, -0.05) is 12.1 Å². The van der Waals surface area contributed by atoms with Gasteiger partial charge in [-0.15, -0.1) is 0 Å². The van der Waals surface area contributed by atoms with Crippen molar-refractivity contribution >= 4 is 11.0 Å². The minimum Gasteiger partial charge on any atom is -0.502 e. The highest BCUT2D eigenvalue weighted by molar-refractivity contribution is 5.77. The topological polar surface area (TPSA) is 102 Å². The van der Waals surface area contributed by atoms with Gasteiger partial charge in [0.2, 0.25) is 11.2 Å². The lowest BCUT2D eigenvalue weighted by molar-refractivity contribution is -0.154. The summed E-state index contributed by atoms with van der Waals surface area (Å²) in [5.74, 6) is 4.92. The molecule has 0 aliphatic heterocycles. The monoisotopic (exact) mass is 262 g/mol. The fourth-order valence-electron chi connectivity index (χ4n) is 1.32. The van der Waals surface area contributed by atoms with Gasteiger partial charge in [-0.05, 0) is 12.1 Å². The summed E-state index contributed by atoms with van der Waals surface area (Å²) in [6.45, 7) is 0. The average molecular weight is 262 g/mol. The Bertz CT molecular complexity index is 607. The summed E-state index contributed by atoms with van der Waals surface area (Å²) in [6.07, 6.45) is -4.90. The SMILES string of the molecule is NN.O=c1c(O)c(C(F)(F)F)oc2ccccc12. The molecule has 1 aromatic heterocycles. The second-order valence-corrected chi connectivity index (χ2v) is 3.10. The third kappa shape index (κ3) is 2.44. The van der Waals surface area contributed by atoms with E-state index in [1.165, 1.54) is 24.3 Å². The summed E-state index contributed by atoms with van der Waals surface area (Å²) in [5.41, 5.74) is -1.30. The van der Waals surface area contributed by atoms with E-state index < -0.39 is 23.1 Å². The van der Waals surface area contributed by atoms with E-state index in [-0.39, 0.29) is 11.0 Å². The lowest BCUT2D eigenvalue weighted by atomic mass is 10.2. The summed E-state index contributed by atoms with van der Waals surface area (Å²) in [5, 5.41) is 9.02. The minimum absolute atomic E-state index is 0.0898. The molecule has 0 saturated carbocycles. The van der Waals surface area contributed by atoms with Gasteiger partial charge in [0.05, 0.1) is 5.39 Å². The Hall–Kier alpha value is -2.06. The summed E-state index contributed by atoms with van der Waals surface area (Å²) in [4.78, 5) is 11.4. The summed E-state index contributed by atoms with van der Waals surface area (Å²) in [6, 6.07) is 5.40. The molecule has 0 saturated heterocycles. The molecule has 18 heavy (non-hydrogen) atoms. The van der Waals surface area contributed by atoms with E-state index in [1.54, 1.807) is 0 Å². The maximum atomic E-state index is 12.4. The predicted octanol–water partition coefficient (Wildman–Crippen LogP) is 1.34. The molecule has 5 nitrogen and oxygen atoms in total. The Balaban J connectivity index is 0.000000771. The molecule has 0 bridgehead atoms. The van der Waals surface area contributed by atoms with Gasteiger partial charge in [-0.25, -0.2) is 0 Å². The van der Waals surface area contributed by atoms with E-state index in [4.69, 9.17) is 5.11 Å². The van der Waals surface area contributed by atoms with Crippen molar-refractivity contribution in [2.45, 2.75) is 6.18 Å². The third-order valence-electron chi connectivity index (χ3n) is 2.03. The van der Waals surface area contributed by atoms with Gasteiger partial charge in [0.25, 0.3) is 5.76 Å². The van der Waals surface area contributed by atoms with Gasteiger partial charge in [0.1, 0.15) is 5.58 Å². The number of benzene rings is 1. The van der Waals surface area contributed by atoms with Crippen molar-refractivity contribution in [2.75, 3.05) is 0 Å². The number of hydrogen-bond donors (Lipinski definition) is 3. The molecule has 0 aliphatic rings. The zero-order valence-electron chi connectivity index (χ0n) is 8.86. The number of aromatic hydroxyl groups is 1. The van der Waals surface area contributed by atoms with Crippen LogP contribution in [0.25, 0.3) is 11.0 Å². The Morgan fingerprint density at radius 2 is 1.72 bits per heavy atom. The maximum absolute atomic E-state index is 12.4. The van der Waals surface area contributed by atoms with Crippen LogP contribution in [0.5, 0.6) is 5.75 Å². The van der Waals surface area contributed by atoms with Crippen LogP contribution in [-0.4, -0.2) is 5.11 Å². The number of hydrazine groups is 1. The van der Waals surface area contributed by atoms with Crippen molar-refractivity contribution in [3.63, 3.8) is 0 Å². The van der Waals surface area contributed by atoms with Crippen molar-refractivity contribution in [3.8, 4) is 5.75 Å². The van der Waals surface area contributed by atoms with Gasteiger partial charge in [0.15, 0.2) is 0 Å². The lowest BCUT2D eigenvalue weighted by Crippen LogP contribution is -2.12. The molecule has 0 fully saturated rings. The van der Waals surface area contributed by atoms with E-state index in [9.17, 15) is 18.0 Å². The fourth-order valence-corrected chi connectivity index (χ4v) is 1.32. The summed E-state index contributed by atoms with van der Waals surface area (Å²) < 4.78 is 41.6. The number of halogens is 3. The van der Waals surface area contributed by atoms with Crippen LogP contribution < -0.4 is 17.1 Å². The van der Waals surface area contributed by atoms with Crippen LogP contribution in [0.4, 0.5) is 13.2 Å². The molecule has 98 valence electrons. The highest BCUT2D eigenvalue weighted by atomic mass is 19.4. The van der Waals surface area contributed by atoms with Gasteiger partial charge in [0, 0.05) is 0 Å². The van der Waals surface area contributed by atoms with Gasteiger partial charge in [-0.2, -0.15) is 13.2 Å². The molecule has 0 spiro atoms. The standard InChI is InChI=1S/C10H5F3O3.H4N2/c11-10(12,13)9-8(15)7(14)5-3-1-2-4-6(5)16-9;1-2/h1-4,15H;1-2H2. The first-order valence-electron chi connectivity index (χ1n) is 4.56. The molecule has 5 N–H and O–H groups in total. The molecule has 0 aliphatic carbocycles. The van der Waals surface area contributed by atoms with Crippen LogP contribution in [0, 0.1) is 0 Å². The second-order valence-electron chi connectivity index (χ2n) is 3.10. The minimum atomic E-state index is -4.90. The molecule has 2 rings (SSSR count). The molecule has 0 unspecified atom stereocenters. The first-order chi connectivity index (χ1) is 8.41. The Morgan fingerprint density at radius 1 is 1.17 bits per heavy atom. The van der Waals surface area contributed by atoms with E-state index in [0.717, 1.165) is 0 Å². The third-order valence-corrected chi connectivity index (χ3v) is 2.03. The number of rotatable bonds is 0. The summed E-state index contributed by atoms with van der Waals surface area (Å²) >= 11 is 0. The van der Waals surface area contributed by atoms with E-state index in [2.05, 4.69) is 16.1 Å². The summed E-state index contributed by atoms with van der Waals surface area (Å²) in [7, 11) is 0. The molecule has 1 heterocycles. The maximum Gasteiger partial charge on any atom is 0.453 e. The number of para-hydroxylation sites is 1. The van der Waals surface area contributed by atoms with Crippen LogP contribution in [0.15, 0.2) is 33.5 Å². The highest BCUT2D eigenvalue weighted by Crippen LogP contribution is 2.35. The van der Waals surface area contributed by atoms with Crippen LogP contribution in [0.2, 0.25) is 0 Å². The Morgan fingerprint density at radius 3 is 2.28 bits per heavy atom. The van der Waals surface area contributed by atoms with Gasteiger partial charge < -0.3 is 9.52 Å². The lowest BCUT2D eigenvalue weighted by Gasteiger charge is -2.07. The van der Waals surface area contributed by atoms with E-state index in [1.807, 2.05) is 0 Å². The quantitative estimate of drug-likeness (QED) is 0.491.